The van der Waals surface area contributed by atoms with Gasteiger partial charge in [-0.05, 0) is 25.0 Å². The van der Waals surface area contributed by atoms with Gasteiger partial charge in [0.05, 0.1) is 17.9 Å². The molecule has 0 unspecified atom stereocenters. The molecule has 0 aliphatic carbocycles. The van der Waals surface area contributed by atoms with Crippen molar-refractivity contribution in [2.24, 2.45) is 0 Å². The molecule has 2 aliphatic rings. The second-order valence-electron chi connectivity index (χ2n) is 6.75. The molecule has 0 N–H and O–H groups in total. The molecule has 0 amide bonds. The predicted octanol–water partition coefficient (Wildman–Crippen LogP) is 0.555. The summed E-state index contributed by atoms with van der Waals surface area (Å²) < 4.78 is 33.4. The summed E-state index contributed by atoms with van der Waals surface area (Å²) in [6, 6.07) is 5.96. The minimum atomic E-state index is -3.33. The van der Waals surface area contributed by atoms with E-state index in [1.807, 2.05) is 24.4 Å². The number of pyridine rings is 1. The first-order valence-corrected chi connectivity index (χ1v) is 9.75. The first-order chi connectivity index (χ1) is 11.4. The molecule has 3 heterocycles. The van der Waals surface area contributed by atoms with Crippen molar-refractivity contribution in [1.82, 2.24) is 18.5 Å². The second kappa shape index (κ2) is 7.05. The molecule has 0 saturated carbocycles. The minimum absolute atomic E-state index is 0.231. The van der Waals surface area contributed by atoms with Gasteiger partial charge in [0.1, 0.15) is 0 Å². The van der Waals surface area contributed by atoms with E-state index < -0.39 is 10.2 Å². The van der Waals surface area contributed by atoms with Gasteiger partial charge in [-0.1, -0.05) is 6.07 Å². The number of piperidine rings is 1. The largest absolute Gasteiger partial charge is 0.372 e. The van der Waals surface area contributed by atoms with Crippen LogP contribution in [0, 0.1) is 0 Å². The Morgan fingerprint density at radius 2 is 2.00 bits per heavy atom. The first-order valence-electron chi connectivity index (χ1n) is 8.35. The van der Waals surface area contributed by atoms with E-state index in [0.717, 1.165) is 38.2 Å². The summed E-state index contributed by atoms with van der Waals surface area (Å²) in [6.45, 7) is 4.24. The molecule has 24 heavy (non-hydrogen) atoms. The van der Waals surface area contributed by atoms with Crippen molar-refractivity contribution in [3.05, 3.63) is 30.1 Å². The Balaban J connectivity index is 1.61. The van der Waals surface area contributed by atoms with Crippen LogP contribution in [-0.4, -0.2) is 79.4 Å². The van der Waals surface area contributed by atoms with Gasteiger partial charge in [-0.2, -0.15) is 17.0 Å². The summed E-state index contributed by atoms with van der Waals surface area (Å²) in [6.07, 6.45) is 3.29. The van der Waals surface area contributed by atoms with E-state index in [-0.39, 0.29) is 5.60 Å². The number of ether oxygens (including phenoxy) is 1. The van der Waals surface area contributed by atoms with Crippen LogP contribution in [0.2, 0.25) is 0 Å². The molecule has 1 aromatic rings. The molecule has 1 aromatic heterocycles. The molecule has 0 atom stereocenters. The van der Waals surface area contributed by atoms with Gasteiger partial charge in [-0.25, -0.2) is 0 Å². The Morgan fingerprint density at radius 3 is 2.62 bits per heavy atom. The Hall–Kier alpha value is -1.06. The standard InChI is InChI=1S/C16H26N4O3S/c1-18(2)24(21,22)20-9-6-16(7-10-20)14-19(11-12-23-16)13-15-5-3-4-8-17-15/h3-5,8H,6-7,9-14H2,1-2H3. The van der Waals surface area contributed by atoms with Crippen LogP contribution in [0.1, 0.15) is 18.5 Å². The highest BCUT2D eigenvalue weighted by Gasteiger charge is 2.42. The van der Waals surface area contributed by atoms with Crippen LogP contribution in [0.25, 0.3) is 0 Å². The third-order valence-corrected chi connectivity index (χ3v) is 6.80. The summed E-state index contributed by atoms with van der Waals surface area (Å²) in [5, 5.41) is 0. The molecular weight excluding hydrogens is 328 g/mol. The highest BCUT2D eigenvalue weighted by molar-refractivity contribution is 7.86. The van der Waals surface area contributed by atoms with Gasteiger partial charge in [0.2, 0.25) is 0 Å². The summed E-state index contributed by atoms with van der Waals surface area (Å²) in [5.41, 5.74) is 0.827. The SMILES string of the molecule is CN(C)S(=O)(=O)N1CCC2(CC1)CN(Cc1ccccn1)CCO2. The van der Waals surface area contributed by atoms with Crippen LogP contribution in [0.3, 0.4) is 0 Å². The van der Waals surface area contributed by atoms with Gasteiger partial charge in [0.15, 0.2) is 0 Å². The maximum atomic E-state index is 12.3. The zero-order chi connectivity index (χ0) is 17.2. The fraction of sp³-hybridized carbons (Fsp3) is 0.688. The minimum Gasteiger partial charge on any atom is -0.372 e. The van der Waals surface area contributed by atoms with Crippen molar-refractivity contribution < 1.29 is 13.2 Å². The topological polar surface area (TPSA) is 66.0 Å². The monoisotopic (exact) mass is 354 g/mol. The molecule has 2 aliphatic heterocycles. The van der Waals surface area contributed by atoms with Crippen molar-refractivity contribution in [2.45, 2.75) is 25.0 Å². The van der Waals surface area contributed by atoms with Crippen molar-refractivity contribution in [3.63, 3.8) is 0 Å². The van der Waals surface area contributed by atoms with Gasteiger partial charge < -0.3 is 4.74 Å². The average Bonchev–Trinajstić information content (AvgIpc) is 2.56. The van der Waals surface area contributed by atoms with Crippen LogP contribution in [0.5, 0.6) is 0 Å². The van der Waals surface area contributed by atoms with E-state index in [9.17, 15) is 8.42 Å². The molecular formula is C16H26N4O3S. The van der Waals surface area contributed by atoms with Gasteiger partial charge in [-0.3, -0.25) is 9.88 Å². The Morgan fingerprint density at radius 1 is 1.25 bits per heavy atom. The highest BCUT2D eigenvalue weighted by atomic mass is 32.2. The molecule has 8 heteroatoms. The van der Waals surface area contributed by atoms with Crippen molar-refractivity contribution in [2.75, 3.05) is 46.9 Å². The summed E-state index contributed by atoms with van der Waals surface area (Å²) in [4.78, 5) is 6.76. The highest BCUT2D eigenvalue weighted by Crippen LogP contribution is 2.31. The van der Waals surface area contributed by atoms with E-state index in [2.05, 4.69) is 9.88 Å². The van der Waals surface area contributed by atoms with Crippen LogP contribution in [-0.2, 0) is 21.5 Å². The Bertz CT molecular complexity index is 643. The smallest absolute Gasteiger partial charge is 0.281 e. The molecule has 3 rings (SSSR count). The van der Waals surface area contributed by atoms with E-state index >= 15 is 0 Å². The summed E-state index contributed by atoms with van der Waals surface area (Å²) in [7, 11) is -0.180. The quantitative estimate of drug-likeness (QED) is 0.790. The number of nitrogens with zero attached hydrogens (tertiary/aromatic N) is 4. The number of hydrogen-bond acceptors (Lipinski definition) is 5. The third-order valence-electron chi connectivity index (χ3n) is 4.86. The molecule has 1 spiro atoms. The van der Waals surface area contributed by atoms with E-state index in [1.54, 1.807) is 18.4 Å². The van der Waals surface area contributed by atoms with Crippen LogP contribution >= 0.6 is 0 Å². The van der Waals surface area contributed by atoms with Crippen molar-refractivity contribution in [1.29, 1.82) is 0 Å². The lowest BCUT2D eigenvalue weighted by molar-refractivity contribution is -0.132. The lowest BCUT2D eigenvalue weighted by atomic mass is 9.90. The lowest BCUT2D eigenvalue weighted by Crippen LogP contribution is -2.58. The maximum Gasteiger partial charge on any atom is 0.281 e. The van der Waals surface area contributed by atoms with E-state index in [1.165, 1.54) is 4.31 Å². The Kier molecular flexibility index (Phi) is 5.22. The maximum absolute atomic E-state index is 12.3. The number of rotatable bonds is 4. The molecule has 0 radical (unpaired) electrons. The van der Waals surface area contributed by atoms with Gasteiger partial charge in [0, 0.05) is 53.0 Å². The number of morpholine rings is 1. The van der Waals surface area contributed by atoms with E-state index in [0.29, 0.717) is 19.7 Å². The van der Waals surface area contributed by atoms with Gasteiger partial charge in [-0.15, -0.1) is 0 Å². The molecule has 0 aromatic carbocycles. The van der Waals surface area contributed by atoms with Crippen LogP contribution < -0.4 is 0 Å². The normalized spacial score (nSPS) is 23.0. The molecule has 2 saturated heterocycles. The number of aromatic nitrogens is 1. The number of hydrogen-bond donors (Lipinski definition) is 0. The fourth-order valence-corrected chi connectivity index (χ4v) is 4.54. The Labute approximate surface area is 144 Å². The molecule has 2 fully saturated rings. The first kappa shape index (κ1) is 17.8. The zero-order valence-electron chi connectivity index (χ0n) is 14.4. The summed E-state index contributed by atoms with van der Waals surface area (Å²) in [5.74, 6) is 0. The van der Waals surface area contributed by atoms with Crippen molar-refractivity contribution >= 4 is 10.2 Å². The summed E-state index contributed by atoms with van der Waals surface area (Å²) >= 11 is 0. The fourth-order valence-electron chi connectivity index (χ4n) is 3.44. The second-order valence-corrected chi connectivity index (χ2v) is 8.89. The van der Waals surface area contributed by atoms with Crippen LogP contribution in [0.4, 0.5) is 0 Å². The predicted molar refractivity (Wildman–Crippen MR) is 91.6 cm³/mol. The van der Waals surface area contributed by atoms with Crippen LogP contribution in [0.15, 0.2) is 24.4 Å². The van der Waals surface area contributed by atoms with Crippen molar-refractivity contribution in [3.8, 4) is 0 Å². The lowest BCUT2D eigenvalue weighted by Gasteiger charge is -2.47. The average molecular weight is 354 g/mol. The molecule has 0 bridgehead atoms. The molecule has 134 valence electrons. The zero-order valence-corrected chi connectivity index (χ0v) is 15.2. The van der Waals surface area contributed by atoms with Gasteiger partial charge >= 0.3 is 0 Å². The molecule has 7 nitrogen and oxygen atoms in total. The third kappa shape index (κ3) is 3.78. The van der Waals surface area contributed by atoms with Gasteiger partial charge in [0.25, 0.3) is 10.2 Å². The van der Waals surface area contributed by atoms with E-state index in [4.69, 9.17) is 4.74 Å².